The lowest BCUT2D eigenvalue weighted by Crippen LogP contribution is -2.50. The van der Waals surface area contributed by atoms with Gasteiger partial charge >= 0.3 is 6.61 Å². The largest absolute Gasteiger partial charge is 0.493 e. The van der Waals surface area contributed by atoms with E-state index in [1.54, 1.807) is 4.90 Å². The second-order valence-electron chi connectivity index (χ2n) is 5.19. The molecule has 122 valence electrons. The number of rotatable bonds is 4. The van der Waals surface area contributed by atoms with Gasteiger partial charge in [-0.25, -0.2) is 0 Å². The molecule has 0 radical (unpaired) electrons. The number of hydrogen-bond acceptors (Lipinski definition) is 4. The Labute approximate surface area is 127 Å². The van der Waals surface area contributed by atoms with Gasteiger partial charge in [-0.2, -0.15) is 8.78 Å². The number of halogens is 2. The molecule has 1 aromatic carbocycles. The molecule has 2 atom stereocenters. The number of carbonyl (C=O) groups is 1. The Hall–Kier alpha value is -1.89. The van der Waals surface area contributed by atoms with Crippen LogP contribution in [0.15, 0.2) is 18.2 Å². The highest BCUT2D eigenvalue weighted by molar-refractivity contribution is 5.95. The molecular formula is C15H19F2NO4. The fraction of sp³-hybridized carbons (Fsp3) is 0.533. The summed E-state index contributed by atoms with van der Waals surface area (Å²) in [7, 11) is 1.33. The van der Waals surface area contributed by atoms with E-state index in [0.717, 1.165) is 0 Å². The molecule has 1 heterocycles. The van der Waals surface area contributed by atoms with E-state index < -0.39 is 6.61 Å². The fourth-order valence-corrected chi connectivity index (χ4v) is 2.35. The van der Waals surface area contributed by atoms with E-state index in [9.17, 15) is 13.6 Å². The van der Waals surface area contributed by atoms with Crippen molar-refractivity contribution in [1.29, 1.82) is 0 Å². The van der Waals surface area contributed by atoms with Gasteiger partial charge in [-0.15, -0.1) is 0 Å². The van der Waals surface area contributed by atoms with Crippen molar-refractivity contribution >= 4 is 5.91 Å². The van der Waals surface area contributed by atoms with Gasteiger partial charge in [0.1, 0.15) is 0 Å². The number of hydrogen-bond donors (Lipinski definition) is 0. The van der Waals surface area contributed by atoms with Gasteiger partial charge in [0.15, 0.2) is 11.5 Å². The predicted molar refractivity (Wildman–Crippen MR) is 75.5 cm³/mol. The van der Waals surface area contributed by atoms with E-state index in [-0.39, 0.29) is 29.6 Å². The van der Waals surface area contributed by atoms with Gasteiger partial charge in [-0.1, -0.05) is 0 Å². The van der Waals surface area contributed by atoms with Crippen LogP contribution in [0, 0.1) is 0 Å². The van der Waals surface area contributed by atoms with Crippen molar-refractivity contribution in [3.8, 4) is 11.5 Å². The molecule has 1 saturated heterocycles. The minimum atomic E-state index is -2.95. The maximum atomic E-state index is 12.6. The van der Waals surface area contributed by atoms with E-state index in [2.05, 4.69) is 4.74 Å². The number of amides is 1. The van der Waals surface area contributed by atoms with Crippen molar-refractivity contribution in [3.63, 3.8) is 0 Å². The average Bonchev–Trinajstić information content (AvgIpc) is 2.49. The van der Waals surface area contributed by atoms with Crippen LogP contribution in [-0.4, -0.2) is 49.8 Å². The number of morpholine rings is 1. The maximum Gasteiger partial charge on any atom is 0.387 e. The molecule has 1 fully saturated rings. The minimum Gasteiger partial charge on any atom is -0.493 e. The van der Waals surface area contributed by atoms with Crippen molar-refractivity contribution in [3.05, 3.63) is 23.8 Å². The number of carbonyl (C=O) groups excluding carboxylic acids is 1. The summed E-state index contributed by atoms with van der Waals surface area (Å²) in [6, 6.07) is 4.13. The molecule has 2 unspecified atom stereocenters. The van der Waals surface area contributed by atoms with Crippen LogP contribution in [-0.2, 0) is 4.74 Å². The monoisotopic (exact) mass is 315 g/mol. The fourth-order valence-electron chi connectivity index (χ4n) is 2.35. The summed E-state index contributed by atoms with van der Waals surface area (Å²) in [4.78, 5) is 14.3. The molecule has 1 aliphatic heterocycles. The van der Waals surface area contributed by atoms with Crippen molar-refractivity contribution in [2.75, 3.05) is 20.3 Å². The lowest BCUT2D eigenvalue weighted by atomic mass is 10.1. The summed E-state index contributed by atoms with van der Waals surface area (Å²) < 4.78 is 39.5. The molecule has 0 spiro atoms. The molecule has 0 saturated carbocycles. The SMILES string of the molecule is COc1cc(C(=O)N2CC(C)OCC2C)ccc1OC(F)F. The minimum absolute atomic E-state index is 0.0384. The van der Waals surface area contributed by atoms with Crippen LogP contribution in [0.1, 0.15) is 24.2 Å². The van der Waals surface area contributed by atoms with Gasteiger partial charge in [0.2, 0.25) is 0 Å². The maximum absolute atomic E-state index is 12.6. The first-order valence-corrected chi connectivity index (χ1v) is 6.97. The summed E-state index contributed by atoms with van der Waals surface area (Å²) in [6.45, 7) is 1.80. The molecule has 22 heavy (non-hydrogen) atoms. The molecule has 7 heteroatoms. The second-order valence-corrected chi connectivity index (χ2v) is 5.19. The third-order valence-corrected chi connectivity index (χ3v) is 3.50. The lowest BCUT2D eigenvalue weighted by molar-refractivity contribution is -0.0512. The first kappa shape index (κ1) is 16.5. The van der Waals surface area contributed by atoms with Gasteiger partial charge in [-0.05, 0) is 32.0 Å². The molecule has 5 nitrogen and oxygen atoms in total. The van der Waals surface area contributed by atoms with Crippen LogP contribution in [0.5, 0.6) is 11.5 Å². The molecule has 1 aromatic rings. The smallest absolute Gasteiger partial charge is 0.387 e. The Balaban J connectivity index is 2.22. The highest BCUT2D eigenvalue weighted by atomic mass is 19.3. The number of nitrogens with zero attached hydrogens (tertiary/aromatic N) is 1. The lowest BCUT2D eigenvalue weighted by Gasteiger charge is -2.36. The standard InChI is InChI=1S/C15H19F2NO4/c1-9-8-21-10(2)7-18(9)14(19)11-4-5-12(22-15(16)17)13(6-11)20-3/h4-6,9-10,15H,7-8H2,1-3H3. The highest BCUT2D eigenvalue weighted by Gasteiger charge is 2.28. The van der Waals surface area contributed by atoms with Crippen LogP contribution in [0.4, 0.5) is 8.78 Å². The van der Waals surface area contributed by atoms with E-state index in [0.29, 0.717) is 18.7 Å². The second kappa shape index (κ2) is 6.91. The molecule has 1 amide bonds. The Morgan fingerprint density at radius 2 is 2.09 bits per heavy atom. The zero-order chi connectivity index (χ0) is 16.3. The van der Waals surface area contributed by atoms with Gasteiger partial charge in [-0.3, -0.25) is 4.79 Å². The first-order valence-electron chi connectivity index (χ1n) is 6.97. The van der Waals surface area contributed by atoms with Crippen molar-refractivity contribution < 1.29 is 27.8 Å². The Morgan fingerprint density at radius 3 is 2.73 bits per heavy atom. The molecular weight excluding hydrogens is 296 g/mol. The van der Waals surface area contributed by atoms with E-state index in [4.69, 9.17) is 9.47 Å². The molecule has 0 N–H and O–H groups in total. The molecule has 1 aliphatic rings. The number of alkyl halides is 2. The van der Waals surface area contributed by atoms with Crippen molar-refractivity contribution in [1.82, 2.24) is 4.90 Å². The highest BCUT2D eigenvalue weighted by Crippen LogP contribution is 2.30. The quantitative estimate of drug-likeness (QED) is 0.857. The summed E-state index contributed by atoms with van der Waals surface area (Å²) in [5.74, 6) is -0.192. The summed E-state index contributed by atoms with van der Waals surface area (Å²) >= 11 is 0. The van der Waals surface area contributed by atoms with Gasteiger partial charge in [0, 0.05) is 12.1 Å². The number of methoxy groups -OCH3 is 1. The molecule has 2 rings (SSSR count). The molecule has 0 bridgehead atoms. The number of benzene rings is 1. The summed E-state index contributed by atoms with van der Waals surface area (Å²) in [5.41, 5.74) is 0.361. The van der Waals surface area contributed by atoms with E-state index in [1.807, 2.05) is 13.8 Å². The van der Waals surface area contributed by atoms with E-state index in [1.165, 1.54) is 25.3 Å². The third kappa shape index (κ3) is 3.65. The van der Waals surface area contributed by atoms with Crippen LogP contribution < -0.4 is 9.47 Å². The summed E-state index contributed by atoms with van der Waals surface area (Å²) in [5, 5.41) is 0. The zero-order valence-electron chi connectivity index (χ0n) is 12.7. The zero-order valence-corrected chi connectivity index (χ0v) is 12.7. The number of ether oxygens (including phenoxy) is 3. The third-order valence-electron chi connectivity index (χ3n) is 3.50. The molecule has 0 aromatic heterocycles. The topological polar surface area (TPSA) is 48.0 Å². The van der Waals surface area contributed by atoms with Crippen molar-refractivity contribution in [2.24, 2.45) is 0 Å². The van der Waals surface area contributed by atoms with Crippen molar-refractivity contribution in [2.45, 2.75) is 32.6 Å². The van der Waals surface area contributed by atoms with Crippen LogP contribution >= 0.6 is 0 Å². The normalized spacial score (nSPS) is 21.8. The van der Waals surface area contributed by atoms with Crippen LogP contribution in [0.3, 0.4) is 0 Å². The summed E-state index contributed by atoms with van der Waals surface area (Å²) in [6.07, 6.45) is -0.0384. The first-order chi connectivity index (χ1) is 10.4. The molecule has 0 aliphatic carbocycles. The Morgan fingerprint density at radius 1 is 1.36 bits per heavy atom. The van der Waals surface area contributed by atoms with Crippen LogP contribution in [0.2, 0.25) is 0 Å². The van der Waals surface area contributed by atoms with Gasteiger partial charge < -0.3 is 19.1 Å². The van der Waals surface area contributed by atoms with Crippen LogP contribution in [0.25, 0.3) is 0 Å². The van der Waals surface area contributed by atoms with Gasteiger partial charge in [0.05, 0.1) is 25.9 Å². The average molecular weight is 315 g/mol. The van der Waals surface area contributed by atoms with Gasteiger partial charge in [0.25, 0.3) is 5.91 Å². The van der Waals surface area contributed by atoms with E-state index >= 15 is 0 Å². The predicted octanol–water partition coefficient (Wildman–Crippen LogP) is 2.55. The Kier molecular flexibility index (Phi) is 5.18. The Bertz CT molecular complexity index is 538.